The maximum absolute atomic E-state index is 5.50. The van der Waals surface area contributed by atoms with E-state index >= 15 is 0 Å². The first kappa shape index (κ1) is 9.61. The largest absolute Gasteiger partial charge is 0.374 e. The Kier molecular flexibility index (Phi) is 2.79. The van der Waals surface area contributed by atoms with Crippen LogP contribution in [0.25, 0.3) is 0 Å². The smallest absolute Gasteiger partial charge is 0.199 e. The molecule has 0 radical (unpaired) electrons. The van der Waals surface area contributed by atoms with E-state index < -0.39 is 0 Å². The van der Waals surface area contributed by atoms with E-state index in [2.05, 4.69) is 31.4 Å². The van der Waals surface area contributed by atoms with E-state index in [9.17, 15) is 0 Å². The van der Waals surface area contributed by atoms with Crippen molar-refractivity contribution in [2.24, 2.45) is 0 Å². The molecule has 0 aliphatic heterocycles. The standard InChI is InChI=1S/C9H8BrN3S/c10-7-3-1-2-6(4-7)5-8-12-9(11)14-13-8/h1-4H,5H2,(H2,11,12,13). The van der Waals surface area contributed by atoms with Gasteiger partial charge in [0.2, 0.25) is 0 Å². The summed E-state index contributed by atoms with van der Waals surface area (Å²) in [5, 5.41) is 0.523. The first-order chi connectivity index (χ1) is 6.74. The number of nitrogens with zero attached hydrogens (tertiary/aromatic N) is 2. The summed E-state index contributed by atoms with van der Waals surface area (Å²) >= 11 is 4.65. The molecule has 0 aliphatic carbocycles. The molecule has 0 saturated carbocycles. The Morgan fingerprint density at radius 2 is 2.29 bits per heavy atom. The molecular weight excluding hydrogens is 262 g/mol. The maximum Gasteiger partial charge on any atom is 0.199 e. The molecule has 2 aromatic rings. The fraction of sp³-hybridized carbons (Fsp3) is 0.111. The van der Waals surface area contributed by atoms with Crippen molar-refractivity contribution in [3.63, 3.8) is 0 Å². The summed E-state index contributed by atoms with van der Waals surface area (Å²) < 4.78 is 5.20. The lowest BCUT2D eigenvalue weighted by Crippen LogP contribution is -1.91. The van der Waals surface area contributed by atoms with E-state index in [1.165, 1.54) is 17.1 Å². The van der Waals surface area contributed by atoms with Crippen LogP contribution in [0, 0.1) is 0 Å². The van der Waals surface area contributed by atoms with E-state index in [0.29, 0.717) is 5.13 Å². The fourth-order valence-corrected chi connectivity index (χ4v) is 2.07. The summed E-state index contributed by atoms with van der Waals surface area (Å²) in [6.07, 6.45) is 0.729. The Morgan fingerprint density at radius 3 is 2.93 bits per heavy atom. The van der Waals surface area contributed by atoms with Gasteiger partial charge in [-0.05, 0) is 17.7 Å². The van der Waals surface area contributed by atoms with Crippen molar-refractivity contribution < 1.29 is 0 Å². The van der Waals surface area contributed by atoms with Crippen molar-refractivity contribution in [3.05, 3.63) is 40.1 Å². The second-order valence-corrected chi connectivity index (χ2v) is 4.55. The molecule has 72 valence electrons. The van der Waals surface area contributed by atoms with Crippen LogP contribution in [0.1, 0.15) is 11.4 Å². The Balaban J connectivity index is 2.18. The van der Waals surface area contributed by atoms with E-state index in [-0.39, 0.29) is 0 Å². The van der Waals surface area contributed by atoms with Crippen LogP contribution in [0.5, 0.6) is 0 Å². The Bertz CT molecular complexity index is 441. The van der Waals surface area contributed by atoms with Crippen molar-refractivity contribution in [2.45, 2.75) is 6.42 Å². The summed E-state index contributed by atoms with van der Waals surface area (Å²) in [6.45, 7) is 0. The minimum Gasteiger partial charge on any atom is -0.374 e. The molecule has 1 aromatic heterocycles. The van der Waals surface area contributed by atoms with Crippen molar-refractivity contribution in [2.75, 3.05) is 5.73 Å². The van der Waals surface area contributed by atoms with Gasteiger partial charge >= 0.3 is 0 Å². The zero-order valence-electron chi connectivity index (χ0n) is 7.27. The first-order valence-corrected chi connectivity index (χ1v) is 5.63. The molecule has 14 heavy (non-hydrogen) atoms. The van der Waals surface area contributed by atoms with Crippen LogP contribution in [0.4, 0.5) is 5.13 Å². The van der Waals surface area contributed by atoms with Crippen molar-refractivity contribution in [1.29, 1.82) is 0 Å². The summed E-state index contributed by atoms with van der Waals surface area (Å²) in [7, 11) is 0. The van der Waals surface area contributed by atoms with Crippen LogP contribution in [-0.2, 0) is 6.42 Å². The van der Waals surface area contributed by atoms with Crippen LogP contribution in [-0.4, -0.2) is 9.36 Å². The van der Waals surface area contributed by atoms with Gasteiger partial charge in [-0.3, -0.25) is 0 Å². The van der Waals surface area contributed by atoms with Crippen molar-refractivity contribution >= 4 is 32.6 Å². The third kappa shape index (κ3) is 2.30. The second-order valence-electron chi connectivity index (χ2n) is 2.86. The third-order valence-electron chi connectivity index (χ3n) is 1.74. The van der Waals surface area contributed by atoms with Gasteiger partial charge in [0.25, 0.3) is 0 Å². The SMILES string of the molecule is Nc1nc(Cc2cccc(Br)c2)ns1. The monoisotopic (exact) mass is 269 g/mol. The minimum absolute atomic E-state index is 0.523. The third-order valence-corrected chi connectivity index (χ3v) is 2.81. The molecule has 0 amide bonds. The summed E-state index contributed by atoms with van der Waals surface area (Å²) in [5.74, 6) is 0.783. The molecule has 0 fully saturated rings. The molecule has 0 saturated heterocycles. The number of hydrogen-bond acceptors (Lipinski definition) is 4. The number of anilines is 1. The Labute approximate surface area is 94.3 Å². The van der Waals surface area contributed by atoms with Crippen LogP contribution >= 0.6 is 27.5 Å². The number of aromatic nitrogens is 2. The summed E-state index contributed by atoms with van der Waals surface area (Å²) in [4.78, 5) is 4.11. The molecule has 0 spiro atoms. The number of benzene rings is 1. The van der Waals surface area contributed by atoms with Gasteiger partial charge in [0.15, 0.2) is 5.13 Å². The zero-order chi connectivity index (χ0) is 9.97. The molecule has 2 rings (SSSR count). The highest BCUT2D eigenvalue weighted by Crippen LogP contribution is 2.15. The van der Waals surface area contributed by atoms with E-state index in [1.54, 1.807) is 0 Å². The highest BCUT2D eigenvalue weighted by Gasteiger charge is 2.02. The number of hydrogen-bond donors (Lipinski definition) is 1. The fourth-order valence-electron chi connectivity index (χ4n) is 1.17. The van der Waals surface area contributed by atoms with Gasteiger partial charge in [-0.25, -0.2) is 4.98 Å². The average molecular weight is 270 g/mol. The quantitative estimate of drug-likeness (QED) is 0.912. The maximum atomic E-state index is 5.50. The molecule has 0 aliphatic rings. The second kappa shape index (κ2) is 4.06. The Hall–Kier alpha value is -0.940. The van der Waals surface area contributed by atoms with Crippen LogP contribution in [0.15, 0.2) is 28.7 Å². The van der Waals surface area contributed by atoms with Gasteiger partial charge in [0, 0.05) is 22.4 Å². The van der Waals surface area contributed by atoms with Gasteiger partial charge < -0.3 is 5.73 Å². The predicted octanol–water partition coefficient (Wildman–Crippen LogP) is 2.47. The number of nitrogens with two attached hydrogens (primary N) is 1. The van der Waals surface area contributed by atoms with Gasteiger partial charge in [-0.2, -0.15) is 4.37 Å². The van der Waals surface area contributed by atoms with Crippen LogP contribution in [0.3, 0.4) is 0 Å². The van der Waals surface area contributed by atoms with Crippen LogP contribution in [0.2, 0.25) is 0 Å². The summed E-state index contributed by atoms with van der Waals surface area (Å²) in [5.41, 5.74) is 6.68. The molecule has 1 aromatic carbocycles. The molecule has 1 heterocycles. The molecule has 2 N–H and O–H groups in total. The van der Waals surface area contributed by atoms with Crippen molar-refractivity contribution in [3.8, 4) is 0 Å². The first-order valence-electron chi connectivity index (χ1n) is 4.06. The minimum atomic E-state index is 0.523. The molecule has 5 heteroatoms. The summed E-state index contributed by atoms with van der Waals surface area (Å²) in [6, 6.07) is 8.08. The lowest BCUT2D eigenvalue weighted by Gasteiger charge is -1.97. The number of nitrogen functional groups attached to an aromatic ring is 1. The Morgan fingerprint density at radius 1 is 1.43 bits per heavy atom. The van der Waals surface area contributed by atoms with Crippen LogP contribution < -0.4 is 5.73 Å². The topological polar surface area (TPSA) is 51.8 Å². The highest BCUT2D eigenvalue weighted by molar-refractivity contribution is 9.10. The van der Waals surface area contributed by atoms with Crippen molar-refractivity contribution in [1.82, 2.24) is 9.36 Å². The molecular formula is C9H8BrN3S. The lowest BCUT2D eigenvalue weighted by molar-refractivity contribution is 1.04. The lowest BCUT2D eigenvalue weighted by atomic mass is 10.1. The number of halogens is 1. The predicted molar refractivity (Wildman–Crippen MR) is 61.3 cm³/mol. The van der Waals surface area contributed by atoms with E-state index in [0.717, 1.165) is 16.7 Å². The molecule has 0 bridgehead atoms. The molecule has 0 unspecified atom stereocenters. The normalized spacial score (nSPS) is 10.4. The van der Waals surface area contributed by atoms with Gasteiger partial charge in [0.1, 0.15) is 5.82 Å². The van der Waals surface area contributed by atoms with Gasteiger partial charge in [-0.1, -0.05) is 28.1 Å². The highest BCUT2D eigenvalue weighted by atomic mass is 79.9. The van der Waals surface area contributed by atoms with E-state index in [1.807, 2.05) is 18.2 Å². The van der Waals surface area contributed by atoms with E-state index in [4.69, 9.17) is 5.73 Å². The molecule has 3 nitrogen and oxygen atoms in total. The molecule has 0 atom stereocenters. The zero-order valence-corrected chi connectivity index (χ0v) is 9.68. The average Bonchev–Trinajstić information content (AvgIpc) is 2.51. The van der Waals surface area contributed by atoms with Gasteiger partial charge in [-0.15, -0.1) is 0 Å². The van der Waals surface area contributed by atoms with Gasteiger partial charge in [0.05, 0.1) is 0 Å². The number of rotatable bonds is 2.